The second-order valence-electron chi connectivity index (χ2n) is 9.99. The lowest BCUT2D eigenvalue weighted by molar-refractivity contribution is -0.160. The standard InChI is InChI=1S/C19H28F3N7O2S/c1-28-4-6-29(7-5-28)17-9-16(10-17,11-17)27-15-24-8-13(19(20,21)22)14(26-15)25-12-18(2-3-18)32(23,30)31/h8H,2-7,9-12H2,1H3,(H2,23,30,31)(H2,24,25,26,27). The van der Waals surface area contributed by atoms with Gasteiger partial charge in [-0.05, 0) is 39.2 Å². The smallest absolute Gasteiger partial charge is 0.368 e. The molecule has 4 saturated carbocycles. The van der Waals surface area contributed by atoms with Gasteiger partial charge in [-0.1, -0.05) is 0 Å². The van der Waals surface area contributed by atoms with Gasteiger partial charge in [0.2, 0.25) is 16.0 Å². The van der Waals surface area contributed by atoms with Crippen molar-refractivity contribution < 1.29 is 21.6 Å². The molecule has 2 bridgehead atoms. The summed E-state index contributed by atoms with van der Waals surface area (Å²) in [6.07, 6.45) is -0.527. The maximum atomic E-state index is 13.5. The quantitative estimate of drug-likeness (QED) is 0.536. The molecule has 0 spiro atoms. The summed E-state index contributed by atoms with van der Waals surface area (Å²) >= 11 is 0. The van der Waals surface area contributed by atoms with E-state index in [0.717, 1.165) is 51.6 Å². The molecule has 6 rings (SSSR count). The minimum Gasteiger partial charge on any atom is -0.368 e. The predicted octanol–water partition coefficient (Wildman–Crippen LogP) is 1.06. The second-order valence-corrected chi connectivity index (χ2v) is 11.9. The summed E-state index contributed by atoms with van der Waals surface area (Å²) < 4.78 is 62.7. The second kappa shape index (κ2) is 6.90. The number of nitrogens with zero attached hydrogens (tertiary/aromatic N) is 4. The SMILES string of the molecule is CN1CCN(C23CC(Nc4ncc(C(F)(F)F)c(NCC5(S(N)(=O)=O)CC5)n4)(C2)C3)CC1. The molecule has 0 amide bonds. The topological polar surface area (TPSA) is 116 Å². The number of hydrogen-bond donors (Lipinski definition) is 3. The molecule has 4 N–H and O–H groups in total. The Morgan fingerprint density at radius 2 is 1.78 bits per heavy atom. The van der Waals surface area contributed by atoms with Crippen LogP contribution in [0.15, 0.2) is 6.20 Å². The van der Waals surface area contributed by atoms with Crippen molar-refractivity contribution in [1.29, 1.82) is 0 Å². The number of rotatable bonds is 7. The number of aromatic nitrogens is 2. The Morgan fingerprint density at radius 3 is 2.31 bits per heavy atom. The highest BCUT2D eigenvalue weighted by molar-refractivity contribution is 7.90. The van der Waals surface area contributed by atoms with Gasteiger partial charge in [0.1, 0.15) is 16.1 Å². The predicted molar refractivity (Wildman–Crippen MR) is 113 cm³/mol. The first-order chi connectivity index (χ1) is 14.9. The monoisotopic (exact) mass is 475 g/mol. The fourth-order valence-corrected chi connectivity index (χ4v) is 6.40. The van der Waals surface area contributed by atoms with Gasteiger partial charge in [0.05, 0.1) is 0 Å². The van der Waals surface area contributed by atoms with Gasteiger partial charge in [0.15, 0.2) is 0 Å². The number of primary sulfonamides is 1. The maximum Gasteiger partial charge on any atom is 0.421 e. The summed E-state index contributed by atoms with van der Waals surface area (Å²) in [4.78, 5) is 12.8. The molecule has 2 heterocycles. The number of likely N-dealkylation sites (N-methyl/N-ethyl adjacent to an activating group) is 1. The van der Waals surface area contributed by atoms with E-state index in [0.29, 0.717) is 12.8 Å². The highest BCUT2D eigenvalue weighted by Crippen LogP contribution is 2.64. The third kappa shape index (κ3) is 3.62. The minimum absolute atomic E-state index is 0.118. The number of piperazine rings is 1. The fourth-order valence-electron chi connectivity index (χ4n) is 5.45. The number of hydrogen-bond acceptors (Lipinski definition) is 8. The van der Waals surface area contributed by atoms with Crippen LogP contribution in [0, 0.1) is 0 Å². The molecule has 0 radical (unpaired) electrons. The van der Waals surface area contributed by atoms with Gasteiger partial charge in [-0.15, -0.1) is 0 Å². The van der Waals surface area contributed by atoms with Gasteiger partial charge < -0.3 is 15.5 Å². The van der Waals surface area contributed by atoms with E-state index in [2.05, 4.69) is 37.4 Å². The lowest BCUT2D eigenvalue weighted by atomic mass is 9.43. The van der Waals surface area contributed by atoms with Crippen LogP contribution >= 0.6 is 0 Å². The average molecular weight is 476 g/mol. The van der Waals surface area contributed by atoms with Crippen LogP contribution in [0.3, 0.4) is 0 Å². The Kier molecular flexibility index (Phi) is 4.77. The lowest BCUT2D eigenvalue weighted by Crippen LogP contribution is -2.82. The third-order valence-electron chi connectivity index (χ3n) is 7.64. The summed E-state index contributed by atoms with van der Waals surface area (Å²) in [5.41, 5.74) is -1.02. The average Bonchev–Trinajstić information content (AvgIpc) is 3.43. The van der Waals surface area contributed by atoms with E-state index in [4.69, 9.17) is 5.14 Å². The highest BCUT2D eigenvalue weighted by atomic mass is 32.2. The van der Waals surface area contributed by atoms with Crippen LogP contribution in [0.25, 0.3) is 0 Å². The van der Waals surface area contributed by atoms with Crippen molar-refractivity contribution in [1.82, 2.24) is 19.8 Å². The molecule has 4 aliphatic carbocycles. The molecule has 0 atom stereocenters. The van der Waals surface area contributed by atoms with Crippen molar-refractivity contribution in [3.05, 3.63) is 11.8 Å². The molecular weight excluding hydrogens is 447 g/mol. The summed E-state index contributed by atoms with van der Waals surface area (Å²) in [6.45, 7) is 3.92. The van der Waals surface area contributed by atoms with Crippen molar-refractivity contribution in [2.75, 3.05) is 50.4 Å². The van der Waals surface area contributed by atoms with Crippen molar-refractivity contribution in [3.63, 3.8) is 0 Å². The van der Waals surface area contributed by atoms with Crippen LogP contribution in [0.5, 0.6) is 0 Å². The number of anilines is 2. The van der Waals surface area contributed by atoms with Crippen LogP contribution in [0.4, 0.5) is 24.9 Å². The van der Waals surface area contributed by atoms with Gasteiger partial charge in [-0.2, -0.15) is 18.2 Å². The van der Waals surface area contributed by atoms with E-state index >= 15 is 0 Å². The van der Waals surface area contributed by atoms with Crippen molar-refractivity contribution in [2.24, 2.45) is 5.14 Å². The molecule has 32 heavy (non-hydrogen) atoms. The molecule has 5 fully saturated rings. The van der Waals surface area contributed by atoms with Gasteiger partial charge in [-0.3, -0.25) is 4.90 Å². The van der Waals surface area contributed by atoms with E-state index < -0.39 is 32.3 Å². The molecule has 1 aromatic rings. The largest absolute Gasteiger partial charge is 0.421 e. The maximum absolute atomic E-state index is 13.5. The number of nitrogens with two attached hydrogens (primary N) is 1. The first-order valence-corrected chi connectivity index (χ1v) is 12.3. The van der Waals surface area contributed by atoms with Gasteiger partial charge in [-0.25, -0.2) is 18.5 Å². The molecule has 178 valence electrons. The first-order valence-electron chi connectivity index (χ1n) is 10.8. The Morgan fingerprint density at radius 1 is 1.16 bits per heavy atom. The summed E-state index contributed by atoms with van der Waals surface area (Å²) in [5, 5.41) is 11.1. The number of halogens is 3. The van der Waals surface area contributed by atoms with Crippen molar-refractivity contribution in [2.45, 2.75) is 54.1 Å². The summed E-state index contributed by atoms with van der Waals surface area (Å²) in [7, 11) is -1.75. The molecular formula is C19H28F3N7O2S. The van der Waals surface area contributed by atoms with E-state index in [1.165, 1.54) is 0 Å². The molecule has 0 aromatic carbocycles. The number of sulfonamides is 1. The molecule has 1 aliphatic heterocycles. The fraction of sp³-hybridized carbons (Fsp3) is 0.789. The van der Waals surface area contributed by atoms with Gasteiger partial charge in [0.25, 0.3) is 0 Å². The molecule has 5 aliphatic rings. The zero-order valence-corrected chi connectivity index (χ0v) is 18.7. The molecule has 13 heteroatoms. The van der Waals surface area contributed by atoms with Gasteiger partial charge in [0, 0.05) is 50.0 Å². The van der Waals surface area contributed by atoms with E-state index in [1.807, 2.05) is 0 Å². The lowest BCUT2D eigenvalue weighted by Gasteiger charge is -2.74. The van der Waals surface area contributed by atoms with Gasteiger partial charge >= 0.3 is 6.18 Å². The first kappa shape index (κ1) is 22.1. The Balaban J connectivity index is 1.27. The van der Waals surface area contributed by atoms with Crippen LogP contribution in [-0.2, 0) is 16.2 Å². The van der Waals surface area contributed by atoms with Crippen molar-refractivity contribution in [3.8, 4) is 0 Å². The van der Waals surface area contributed by atoms with Crippen LogP contribution < -0.4 is 15.8 Å². The highest BCUT2D eigenvalue weighted by Gasteiger charge is 2.70. The molecule has 9 nitrogen and oxygen atoms in total. The zero-order chi connectivity index (χ0) is 23.0. The Labute approximate surface area is 185 Å². The van der Waals surface area contributed by atoms with E-state index in [1.54, 1.807) is 0 Å². The minimum atomic E-state index is -4.67. The van der Waals surface area contributed by atoms with Crippen LogP contribution in [0.1, 0.15) is 37.7 Å². The molecule has 1 saturated heterocycles. The Bertz CT molecular complexity index is 1000. The zero-order valence-electron chi connectivity index (χ0n) is 17.9. The summed E-state index contributed by atoms with van der Waals surface area (Å²) in [5.74, 6) is -0.307. The van der Waals surface area contributed by atoms with Crippen molar-refractivity contribution >= 4 is 21.8 Å². The number of nitrogens with one attached hydrogen (secondary N) is 2. The van der Waals surface area contributed by atoms with E-state index in [9.17, 15) is 21.6 Å². The van der Waals surface area contributed by atoms with E-state index in [-0.39, 0.29) is 23.6 Å². The normalized spacial score (nSPS) is 32.0. The molecule has 0 unspecified atom stereocenters. The molecule has 1 aromatic heterocycles. The third-order valence-corrected chi connectivity index (χ3v) is 9.40. The summed E-state index contributed by atoms with van der Waals surface area (Å²) in [6, 6.07) is 0. The van der Waals surface area contributed by atoms with Crippen LogP contribution in [-0.4, -0.2) is 83.8 Å². The number of alkyl halides is 3. The van der Waals surface area contributed by atoms with Crippen LogP contribution in [0.2, 0.25) is 0 Å². The Hall–Kier alpha value is -1.70.